The summed E-state index contributed by atoms with van der Waals surface area (Å²) in [5.74, 6) is 0.454. The molecule has 0 unspecified atom stereocenters. The maximum absolute atomic E-state index is 12.6. The van der Waals surface area contributed by atoms with Crippen LogP contribution in [-0.2, 0) is 15.3 Å². The second-order valence-electron chi connectivity index (χ2n) is 7.66. The van der Waals surface area contributed by atoms with Crippen LogP contribution in [0, 0.1) is 5.92 Å². The van der Waals surface area contributed by atoms with Gasteiger partial charge in [-0.25, -0.2) is 8.42 Å². The van der Waals surface area contributed by atoms with Gasteiger partial charge in [0.2, 0.25) is 0 Å². The normalized spacial score (nSPS) is 17.3. The van der Waals surface area contributed by atoms with Crippen molar-refractivity contribution in [2.24, 2.45) is 5.92 Å². The summed E-state index contributed by atoms with van der Waals surface area (Å²) in [6.45, 7) is 7.73. The molecule has 1 aromatic carbocycles. The Balaban J connectivity index is 1.97. The number of benzene rings is 1. The van der Waals surface area contributed by atoms with Crippen LogP contribution in [0.5, 0.6) is 0 Å². The van der Waals surface area contributed by atoms with Gasteiger partial charge in [0.05, 0.1) is 5.75 Å². The molecule has 1 fully saturated rings. The molecule has 0 atom stereocenters. The summed E-state index contributed by atoms with van der Waals surface area (Å²) >= 11 is 0. The number of sulfone groups is 1. The zero-order valence-electron chi connectivity index (χ0n) is 14.5. The molecule has 0 aromatic heterocycles. The largest absolute Gasteiger partial charge is 0.339 e. The van der Waals surface area contributed by atoms with Crippen LogP contribution in [-0.4, -0.2) is 44.3 Å². The Kier molecular flexibility index (Phi) is 5.19. The number of amides is 1. The molecule has 1 heterocycles. The predicted octanol–water partition coefficient (Wildman–Crippen LogP) is 2.88. The molecule has 23 heavy (non-hydrogen) atoms. The summed E-state index contributed by atoms with van der Waals surface area (Å²) in [6.07, 6.45) is 2.80. The lowest BCUT2D eigenvalue weighted by atomic mass is 9.86. The van der Waals surface area contributed by atoms with Gasteiger partial charge in [0.15, 0.2) is 0 Å². The SMILES string of the molecule is CC(C)(C)c1ccc(C(=O)N2CCC(CS(C)(=O)=O)CC2)cc1. The Morgan fingerprint density at radius 1 is 1.13 bits per heavy atom. The molecule has 128 valence electrons. The van der Waals surface area contributed by atoms with Gasteiger partial charge in [0.1, 0.15) is 9.84 Å². The van der Waals surface area contributed by atoms with Crippen molar-refractivity contribution in [3.8, 4) is 0 Å². The lowest BCUT2D eigenvalue weighted by Crippen LogP contribution is -2.39. The number of piperidine rings is 1. The second-order valence-corrected chi connectivity index (χ2v) is 9.84. The van der Waals surface area contributed by atoms with Crippen LogP contribution in [0.1, 0.15) is 49.5 Å². The molecule has 4 nitrogen and oxygen atoms in total. The van der Waals surface area contributed by atoms with Crippen molar-refractivity contribution in [1.82, 2.24) is 4.90 Å². The fourth-order valence-electron chi connectivity index (χ4n) is 3.03. The van der Waals surface area contributed by atoms with Gasteiger partial charge in [-0.1, -0.05) is 32.9 Å². The van der Waals surface area contributed by atoms with Crippen LogP contribution < -0.4 is 0 Å². The molecule has 5 heteroatoms. The van der Waals surface area contributed by atoms with E-state index in [1.165, 1.54) is 11.8 Å². The average molecular weight is 337 g/mol. The first-order valence-electron chi connectivity index (χ1n) is 8.14. The highest BCUT2D eigenvalue weighted by Gasteiger charge is 2.26. The number of nitrogens with zero attached hydrogens (tertiary/aromatic N) is 1. The molecule has 0 bridgehead atoms. The molecule has 0 spiro atoms. The lowest BCUT2D eigenvalue weighted by Gasteiger charge is -2.32. The third-order valence-corrected chi connectivity index (χ3v) is 5.51. The lowest BCUT2D eigenvalue weighted by molar-refractivity contribution is 0.0698. The summed E-state index contributed by atoms with van der Waals surface area (Å²) in [7, 11) is -2.94. The maximum Gasteiger partial charge on any atom is 0.253 e. The first kappa shape index (κ1) is 18.0. The summed E-state index contributed by atoms with van der Waals surface area (Å²) < 4.78 is 22.7. The summed E-state index contributed by atoms with van der Waals surface area (Å²) in [4.78, 5) is 14.4. The van der Waals surface area contributed by atoms with Gasteiger partial charge in [-0.15, -0.1) is 0 Å². The second kappa shape index (κ2) is 6.63. The third kappa shape index (κ3) is 5.06. The topological polar surface area (TPSA) is 54.5 Å². The Bertz CT molecular complexity index is 649. The van der Waals surface area contributed by atoms with Crippen LogP contribution in [0.15, 0.2) is 24.3 Å². The van der Waals surface area contributed by atoms with E-state index in [-0.39, 0.29) is 23.0 Å². The number of hydrogen-bond donors (Lipinski definition) is 0. The van der Waals surface area contributed by atoms with Gasteiger partial charge in [0, 0.05) is 24.9 Å². The van der Waals surface area contributed by atoms with Crippen molar-refractivity contribution in [2.75, 3.05) is 25.1 Å². The van der Waals surface area contributed by atoms with Crippen LogP contribution in [0.4, 0.5) is 0 Å². The van der Waals surface area contributed by atoms with E-state index in [0.717, 1.165) is 12.8 Å². The van der Waals surface area contributed by atoms with Crippen molar-refractivity contribution in [3.05, 3.63) is 35.4 Å². The highest BCUT2D eigenvalue weighted by molar-refractivity contribution is 7.90. The number of hydrogen-bond acceptors (Lipinski definition) is 3. The zero-order chi connectivity index (χ0) is 17.3. The van der Waals surface area contributed by atoms with Gasteiger partial charge in [-0.2, -0.15) is 0 Å². The predicted molar refractivity (Wildman–Crippen MR) is 93.5 cm³/mol. The van der Waals surface area contributed by atoms with Crippen LogP contribution in [0.2, 0.25) is 0 Å². The average Bonchev–Trinajstić information content (AvgIpc) is 2.45. The molecule has 1 aromatic rings. The summed E-state index contributed by atoms with van der Waals surface area (Å²) in [5, 5.41) is 0. The molecule has 2 rings (SSSR count). The first-order chi connectivity index (χ1) is 10.6. The van der Waals surface area contributed by atoms with Gasteiger partial charge < -0.3 is 4.90 Å². The van der Waals surface area contributed by atoms with E-state index in [0.29, 0.717) is 18.7 Å². The van der Waals surface area contributed by atoms with Crippen LogP contribution >= 0.6 is 0 Å². The van der Waals surface area contributed by atoms with Gasteiger partial charge >= 0.3 is 0 Å². The van der Waals surface area contributed by atoms with E-state index >= 15 is 0 Å². The molecule has 1 aliphatic rings. The van der Waals surface area contributed by atoms with E-state index < -0.39 is 9.84 Å². The molecule has 1 aliphatic heterocycles. The van der Waals surface area contributed by atoms with E-state index in [4.69, 9.17) is 0 Å². The molecular weight excluding hydrogens is 310 g/mol. The van der Waals surface area contributed by atoms with Crippen LogP contribution in [0.3, 0.4) is 0 Å². The fraction of sp³-hybridized carbons (Fsp3) is 0.611. The Hall–Kier alpha value is -1.36. The quantitative estimate of drug-likeness (QED) is 0.852. The molecule has 0 N–H and O–H groups in total. The van der Waals surface area contributed by atoms with Crippen molar-refractivity contribution >= 4 is 15.7 Å². The van der Waals surface area contributed by atoms with E-state index in [1.54, 1.807) is 0 Å². The molecule has 1 saturated heterocycles. The number of carbonyl (C=O) groups excluding carboxylic acids is 1. The minimum atomic E-state index is -2.94. The third-order valence-electron chi connectivity index (χ3n) is 4.44. The maximum atomic E-state index is 12.6. The highest BCUT2D eigenvalue weighted by atomic mass is 32.2. The number of carbonyl (C=O) groups is 1. The zero-order valence-corrected chi connectivity index (χ0v) is 15.3. The fourth-order valence-corrected chi connectivity index (χ4v) is 4.22. The highest BCUT2D eigenvalue weighted by Crippen LogP contribution is 2.24. The van der Waals surface area contributed by atoms with E-state index in [1.807, 2.05) is 29.2 Å². The number of likely N-dealkylation sites (tertiary alicyclic amines) is 1. The molecule has 0 radical (unpaired) electrons. The Morgan fingerprint density at radius 2 is 1.65 bits per heavy atom. The van der Waals surface area contributed by atoms with Gasteiger partial charge in [-0.3, -0.25) is 4.79 Å². The minimum absolute atomic E-state index is 0.0447. The molecule has 1 amide bonds. The number of rotatable bonds is 3. The smallest absolute Gasteiger partial charge is 0.253 e. The van der Waals surface area contributed by atoms with Crippen molar-refractivity contribution in [2.45, 2.75) is 39.0 Å². The molecular formula is C18H27NO3S. The van der Waals surface area contributed by atoms with Gasteiger partial charge in [0.25, 0.3) is 5.91 Å². The van der Waals surface area contributed by atoms with Crippen molar-refractivity contribution in [1.29, 1.82) is 0 Å². The van der Waals surface area contributed by atoms with Crippen molar-refractivity contribution < 1.29 is 13.2 Å². The summed E-state index contributed by atoms with van der Waals surface area (Å²) in [5.41, 5.74) is 1.99. The van der Waals surface area contributed by atoms with E-state index in [2.05, 4.69) is 20.8 Å². The Labute approximate surface area is 139 Å². The standard InChI is InChI=1S/C18H27NO3S/c1-18(2,3)16-7-5-15(6-8-16)17(20)19-11-9-14(10-12-19)13-23(4,21)22/h5-8,14H,9-13H2,1-4H3. The van der Waals surface area contributed by atoms with Crippen LogP contribution in [0.25, 0.3) is 0 Å². The summed E-state index contributed by atoms with van der Waals surface area (Å²) in [6, 6.07) is 7.82. The Morgan fingerprint density at radius 3 is 2.09 bits per heavy atom. The molecule has 0 saturated carbocycles. The van der Waals surface area contributed by atoms with E-state index in [9.17, 15) is 13.2 Å². The minimum Gasteiger partial charge on any atom is -0.339 e. The monoisotopic (exact) mass is 337 g/mol. The van der Waals surface area contributed by atoms with Gasteiger partial charge in [-0.05, 0) is 41.9 Å². The first-order valence-corrected chi connectivity index (χ1v) is 10.2. The molecule has 0 aliphatic carbocycles. The van der Waals surface area contributed by atoms with Crippen molar-refractivity contribution in [3.63, 3.8) is 0 Å².